The fourth-order valence-corrected chi connectivity index (χ4v) is 3.69. The van der Waals surface area contributed by atoms with E-state index >= 15 is 0 Å². The van der Waals surface area contributed by atoms with Gasteiger partial charge in [0.15, 0.2) is 0 Å². The average molecular weight is 339 g/mol. The lowest BCUT2D eigenvalue weighted by atomic mass is 9.62. The van der Waals surface area contributed by atoms with E-state index in [0.717, 1.165) is 23.7 Å². The summed E-state index contributed by atoms with van der Waals surface area (Å²) in [4.78, 5) is 0. The maximum Gasteiger partial charge on any atom is -0.0139 e. The van der Waals surface area contributed by atoms with Gasteiger partial charge < -0.3 is 0 Å². The van der Waals surface area contributed by atoms with Gasteiger partial charge in [-0.05, 0) is 54.8 Å². The van der Waals surface area contributed by atoms with Crippen LogP contribution in [0.4, 0.5) is 0 Å². The van der Waals surface area contributed by atoms with Crippen molar-refractivity contribution in [2.75, 3.05) is 0 Å². The third kappa shape index (κ3) is 6.77. The molecule has 1 aliphatic carbocycles. The van der Waals surface area contributed by atoms with E-state index in [4.69, 9.17) is 0 Å². The molecule has 4 atom stereocenters. The van der Waals surface area contributed by atoms with Crippen LogP contribution in [0.25, 0.3) is 0 Å². The van der Waals surface area contributed by atoms with Gasteiger partial charge in [0.05, 0.1) is 0 Å². The first kappa shape index (κ1) is 28.3. The van der Waals surface area contributed by atoms with Crippen LogP contribution in [0, 0.1) is 35.0 Å². The highest BCUT2D eigenvalue weighted by Gasteiger charge is 2.36. The normalized spacial score (nSPS) is 27.6. The van der Waals surface area contributed by atoms with Crippen LogP contribution in [-0.4, -0.2) is 0 Å². The van der Waals surface area contributed by atoms with Crippen molar-refractivity contribution in [1.82, 2.24) is 0 Å². The van der Waals surface area contributed by atoms with Crippen LogP contribution >= 0.6 is 0 Å². The molecule has 0 saturated carbocycles. The fraction of sp³-hybridized carbons (Fsp3) is 0.833. The molecule has 1 aliphatic rings. The zero-order valence-electron chi connectivity index (χ0n) is 16.0. The summed E-state index contributed by atoms with van der Waals surface area (Å²) in [5, 5.41) is 0. The van der Waals surface area contributed by atoms with E-state index in [-0.39, 0.29) is 22.3 Å². The molecule has 0 aromatic heterocycles. The highest BCUT2D eigenvalue weighted by atomic mass is 14.4. The molecule has 0 radical (unpaired) electrons. The number of hydrogen-bond donors (Lipinski definition) is 0. The van der Waals surface area contributed by atoms with E-state index in [1.165, 1.54) is 18.4 Å². The Labute approximate surface area is 156 Å². The molecular weight excluding hydrogens is 288 g/mol. The Morgan fingerprint density at radius 1 is 1.04 bits per heavy atom. The molecule has 0 bridgehead atoms. The maximum atomic E-state index is 2.59. The van der Waals surface area contributed by atoms with Gasteiger partial charge in [-0.15, -0.1) is 0 Å². The third-order valence-electron chi connectivity index (χ3n) is 6.31. The average Bonchev–Trinajstić information content (AvgIpc) is 2.39. The summed E-state index contributed by atoms with van der Waals surface area (Å²) in [7, 11) is 0. The van der Waals surface area contributed by atoms with E-state index in [9.17, 15) is 0 Å². The van der Waals surface area contributed by atoms with Gasteiger partial charge >= 0.3 is 0 Å². The Morgan fingerprint density at radius 2 is 1.54 bits per heavy atom. The lowest BCUT2D eigenvalue weighted by molar-refractivity contribution is 0.203. The van der Waals surface area contributed by atoms with E-state index < -0.39 is 0 Å². The van der Waals surface area contributed by atoms with Crippen molar-refractivity contribution in [3.05, 3.63) is 23.3 Å². The summed E-state index contributed by atoms with van der Waals surface area (Å²) < 4.78 is 0. The van der Waals surface area contributed by atoms with Crippen molar-refractivity contribution >= 4 is 0 Å². The Kier molecular flexibility index (Phi) is 13.2. The Balaban J connectivity index is -0.00000147. The van der Waals surface area contributed by atoms with E-state index in [1.807, 2.05) is 0 Å². The monoisotopic (exact) mass is 338 g/mol. The maximum absolute atomic E-state index is 2.59. The Hall–Kier alpha value is -0.520. The number of hydrogen-bond acceptors (Lipinski definition) is 0. The second kappa shape index (κ2) is 11.2. The Morgan fingerprint density at radius 3 is 2.00 bits per heavy atom. The van der Waals surface area contributed by atoms with Crippen LogP contribution in [0.15, 0.2) is 23.3 Å². The van der Waals surface area contributed by atoms with Crippen molar-refractivity contribution in [3.63, 3.8) is 0 Å². The molecular formula is C24H50. The molecule has 0 heteroatoms. The summed E-state index contributed by atoms with van der Waals surface area (Å²) in [6, 6.07) is 0. The molecule has 4 unspecified atom stereocenters. The van der Waals surface area contributed by atoms with Gasteiger partial charge in [0, 0.05) is 0 Å². The summed E-state index contributed by atoms with van der Waals surface area (Å²) >= 11 is 0. The zero-order valence-corrected chi connectivity index (χ0v) is 16.0. The predicted octanol–water partition coefficient (Wildman–Crippen LogP) is 8.79. The van der Waals surface area contributed by atoms with Crippen LogP contribution in [-0.2, 0) is 0 Å². The highest BCUT2D eigenvalue weighted by molar-refractivity contribution is 5.21. The van der Waals surface area contributed by atoms with Crippen molar-refractivity contribution in [2.45, 2.75) is 97.4 Å². The van der Waals surface area contributed by atoms with Gasteiger partial charge in [-0.2, -0.15) is 0 Å². The summed E-state index contributed by atoms with van der Waals surface area (Å²) in [6.45, 7) is 21.4. The lowest BCUT2D eigenvalue weighted by Crippen LogP contribution is -2.33. The third-order valence-corrected chi connectivity index (χ3v) is 6.31. The van der Waals surface area contributed by atoms with Crippen molar-refractivity contribution in [2.24, 2.45) is 35.0 Å². The van der Waals surface area contributed by atoms with Crippen LogP contribution in [0.5, 0.6) is 0 Å². The van der Waals surface area contributed by atoms with Crippen LogP contribution in [0.2, 0.25) is 0 Å². The number of allylic oxidation sites excluding steroid dienone is 4. The first-order valence-electron chi connectivity index (χ1n) is 8.96. The second-order valence-electron chi connectivity index (χ2n) is 8.51. The minimum Gasteiger partial charge on any atom is -0.0853 e. The second-order valence-corrected chi connectivity index (χ2v) is 8.51. The van der Waals surface area contributed by atoms with Crippen LogP contribution < -0.4 is 0 Å². The highest BCUT2D eigenvalue weighted by Crippen LogP contribution is 2.46. The molecule has 1 rings (SSSR count). The largest absolute Gasteiger partial charge is 0.0853 e. The van der Waals surface area contributed by atoms with E-state index in [0.29, 0.717) is 11.3 Å². The molecule has 0 aromatic carbocycles. The molecule has 0 heterocycles. The predicted molar refractivity (Wildman–Crippen MR) is 117 cm³/mol. The van der Waals surface area contributed by atoms with E-state index in [1.54, 1.807) is 5.57 Å². The molecule has 0 N–H and O–H groups in total. The fourth-order valence-electron chi connectivity index (χ4n) is 3.69. The molecule has 0 fully saturated rings. The molecule has 0 nitrogen and oxygen atoms in total. The SMILES string of the molecule is C.C.C.C/C(=C\CCC(C)(C)C1=CC(C)C(C)C(C)C1C)C(C)C. The van der Waals surface area contributed by atoms with Gasteiger partial charge in [-0.1, -0.05) is 101 Å². The molecule has 0 saturated heterocycles. The molecule has 146 valence electrons. The standard InChI is InChI=1S/C21H38.3CH4/c1-14(2)15(3)11-10-12-21(8,9)20-13-16(4)17(5)18(6)19(20)7;;;/h11,13-14,16-19H,10,12H2,1-9H3;3*1H4/b15-11+;;;. The topological polar surface area (TPSA) is 0 Å². The van der Waals surface area contributed by atoms with Crippen molar-refractivity contribution < 1.29 is 0 Å². The smallest absolute Gasteiger partial charge is 0.0139 e. The van der Waals surface area contributed by atoms with Gasteiger partial charge in [0.25, 0.3) is 0 Å². The molecule has 0 aromatic rings. The lowest BCUT2D eigenvalue weighted by Gasteiger charge is -2.43. The van der Waals surface area contributed by atoms with Gasteiger partial charge in [-0.3, -0.25) is 0 Å². The zero-order chi connectivity index (χ0) is 16.4. The Bertz CT molecular complexity index is 394. The quantitative estimate of drug-likeness (QED) is 0.439. The first-order chi connectivity index (χ1) is 9.58. The minimum atomic E-state index is 0. The van der Waals surface area contributed by atoms with Crippen molar-refractivity contribution in [1.29, 1.82) is 0 Å². The molecule has 24 heavy (non-hydrogen) atoms. The first-order valence-corrected chi connectivity index (χ1v) is 8.96. The van der Waals surface area contributed by atoms with Gasteiger partial charge in [0.1, 0.15) is 0 Å². The van der Waals surface area contributed by atoms with E-state index in [2.05, 4.69) is 74.5 Å². The van der Waals surface area contributed by atoms with Gasteiger partial charge in [0.2, 0.25) is 0 Å². The van der Waals surface area contributed by atoms with Crippen molar-refractivity contribution in [3.8, 4) is 0 Å². The molecule has 0 amide bonds. The number of rotatable bonds is 5. The van der Waals surface area contributed by atoms with Crippen LogP contribution in [0.3, 0.4) is 0 Å². The van der Waals surface area contributed by atoms with Gasteiger partial charge in [-0.25, -0.2) is 0 Å². The molecule has 0 aliphatic heterocycles. The molecule has 0 spiro atoms. The summed E-state index contributed by atoms with van der Waals surface area (Å²) in [5.41, 5.74) is 3.57. The summed E-state index contributed by atoms with van der Waals surface area (Å²) in [5.74, 6) is 3.73. The minimum absolute atomic E-state index is 0. The summed E-state index contributed by atoms with van der Waals surface area (Å²) in [6.07, 6.45) is 7.52. The van der Waals surface area contributed by atoms with Crippen LogP contribution in [0.1, 0.15) is 97.4 Å².